The van der Waals surface area contributed by atoms with Crippen molar-refractivity contribution in [2.45, 2.75) is 58.2 Å². The molecule has 5 nitrogen and oxygen atoms in total. The summed E-state index contributed by atoms with van der Waals surface area (Å²) < 4.78 is 6.63. The Balaban J connectivity index is 1.70. The average molecular weight is 473 g/mol. The predicted molar refractivity (Wildman–Crippen MR) is 121 cm³/mol. The molecule has 2 aromatic carbocycles. The number of nitrogens with one attached hydrogen (secondary N) is 1. The molecular weight excluding hydrogens is 444 g/mol. The van der Waals surface area contributed by atoms with Crippen LogP contribution in [0.15, 0.2) is 53.0 Å². The molecular formula is C24H29BrN2O3. The fourth-order valence-electron chi connectivity index (χ4n) is 3.67. The molecule has 2 amide bonds. The molecule has 30 heavy (non-hydrogen) atoms. The minimum absolute atomic E-state index is 0.111. The van der Waals surface area contributed by atoms with Gasteiger partial charge >= 0.3 is 0 Å². The van der Waals surface area contributed by atoms with Crippen LogP contribution in [0.2, 0.25) is 0 Å². The van der Waals surface area contributed by atoms with Crippen LogP contribution in [0.4, 0.5) is 0 Å². The van der Waals surface area contributed by atoms with Crippen molar-refractivity contribution in [3.05, 3.63) is 64.1 Å². The van der Waals surface area contributed by atoms with Crippen molar-refractivity contribution in [2.24, 2.45) is 0 Å². The van der Waals surface area contributed by atoms with Gasteiger partial charge < -0.3 is 15.0 Å². The lowest BCUT2D eigenvalue weighted by Gasteiger charge is -2.29. The first-order valence-corrected chi connectivity index (χ1v) is 11.3. The van der Waals surface area contributed by atoms with E-state index in [1.165, 1.54) is 0 Å². The molecule has 0 aliphatic heterocycles. The second kappa shape index (κ2) is 10.6. The molecule has 160 valence electrons. The molecule has 3 rings (SSSR count). The maximum absolute atomic E-state index is 13.1. The van der Waals surface area contributed by atoms with E-state index in [9.17, 15) is 9.59 Å². The fourth-order valence-corrected chi connectivity index (χ4v) is 4.12. The molecule has 6 heteroatoms. The second-order valence-corrected chi connectivity index (χ2v) is 8.83. The van der Waals surface area contributed by atoms with Gasteiger partial charge in [-0.05, 0) is 56.5 Å². The largest absolute Gasteiger partial charge is 0.484 e. The number of ether oxygens (including phenoxy) is 1. The van der Waals surface area contributed by atoms with Crippen molar-refractivity contribution in [1.29, 1.82) is 0 Å². The number of benzene rings is 2. The third-order valence-corrected chi connectivity index (χ3v) is 5.99. The molecule has 0 bridgehead atoms. The summed E-state index contributed by atoms with van der Waals surface area (Å²) in [6.45, 7) is 4.01. The van der Waals surface area contributed by atoms with E-state index in [0.717, 1.165) is 41.3 Å². The van der Waals surface area contributed by atoms with E-state index in [0.29, 0.717) is 12.3 Å². The summed E-state index contributed by atoms with van der Waals surface area (Å²) in [7, 11) is 0. The fraction of sp³-hybridized carbons (Fsp3) is 0.417. The molecule has 0 spiro atoms. The summed E-state index contributed by atoms with van der Waals surface area (Å²) in [6, 6.07) is 15.0. The highest BCUT2D eigenvalue weighted by Gasteiger charge is 2.28. The van der Waals surface area contributed by atoms with E-state index >= 15 is 0 Å². The standard InChI is InChI=1S/C24H29BrN2O3/c1-17-10-12-22(13-11-17)30-16-23(28)27(15-19-6-5-7-20(25)14-19)18(2)24(29)26-21-8-3-4-9-21/h5-7,10-14,18,21H,3-4,8-9,15-16H2,1-2H3,(H,26,29)/t18-/m1/s1. The van der Waals surface area contributed by atoms with Gasteiger partial charge in [0, 0.05) is 17.1 Å². The van der Waals surface area contributed by atoms with Gasteiger partial charge in [0.1, 0.15) is 11.8 Å². The van der Waals surface area contributed by atoms with Gasteiger partial charge in [-0.15, -0.1) is 0 Å². The molecule has 1 aliphatic carbocycles. The Morgan fingerprint density at radius 1 is 1.17 bits per heavy atom. The number of aryl methyl sites for hydroxylation is 1. The second-order valence-electron chi connectivity index (χ2n) is 7.92. The van der Waals surface area contributed by atoms with Crippen LogP contribution in [0, 0.1) is 6.92 Å². The Labute approximate surface area is 186 Å². The van der Waals surface area contributed by atoms with Crippen molar-refractivity contribution in [3.8, 4) is 5.75 Å². The molecule has 1 saturated carbocycles. The van der Waals surface area contributed by atoms with E-state index in [1.54, 1.807) is 11.8 Å². The van der Waals surface area contributed by atoms with Crippen LogP contribution in [0.1, 0.15) is 43.7 Å². The van der Waals surface area contributed by atoms with E-state index in [1.807, 2.05) is 55.5 Å². The van der Waals surface area contributed by atoms with Gasteiger partial charge in [0.05, 0.1) is 0 Å². The number of rotatable bonds is 8. The summed E-state index contributed by atoms with van der Waals surface area (Å²) in [5.41, 5.74) is 2.08. The molecule has 2 aromatic rings. The first kappa shape index (κ1) is 22.3. The molecule has 1 N–H and O–H groups in total. The maximum atomic E-state index is 13.1. The summed E-state index contributed by atoms with van der Waals surface area (Å²) in [4.78, 5) is 27.5. The number of hydrogen-bond donors (Lipinski definition) is 1. The van der Waals surface area contributed by atoms with Crippen LogP contribution in [0.3, 0.4) is 0 Å². The highest BCUT2D eigenvalue weighted by molar-refractivity contribution is 9.10. The minimum Gasteiger partial charge on any atom is -0.484 e. The summed E-state index contributed by atoms with van der Waals surface area (Å²) in [5, 5.41) is 3.11. The van der Waals surface area contributed by atoms with Crippen molar-refractivity contribution in [2.75, 3.05) is 6.61 Å². The molecule has 1 atom stereocenters. The average Bonchev–Trinajstić information content (AvgIpc) is 3.24. The molecule has 0 aromatic heterocycles. The summed E-state index contributed by atoms with van der Waals surface area (Å²) in [6.07, 6.45) is 4.30. The van der Waals surface area contributed by atoms with E-state index in [-0.39, 0.29) is 24.5 Å². The Bertz CT molecular complexity index is 863. The number of halogens is 1. The Hall–Kier alpha value is -2.34. The quantitative estimate of drug-likeness (QED) is 0.609. The lowest BCUT2D eigenvalue weighted by molar-refractivity contribution is -0.142. The van der Waals surface area contributed by atoms with Crippen molar-refractivity contribution < 1.29 is 14.3 Å². The monoisotopic (exact) mass is 472 g/mol. The first-order chi connectivity index (χ1) is 14.4. The summed E-state index contributed by atoms with van der Waals surface area (Å²) >= 11 is 3.47. The third kappa shape index (κ3) is 6.33. The molecule has 1 aliphatic rings. The number of carbonyl (C=O) groups excluding carboxylic acids is 2. The molecule has 0 heterocycles. The van der Waals surface area contributed by atoms with Crippen LogP contribution in [0.25, 0.3) is 0 Å². The highest BCUT2D eigenvalue weighted by atomic mass is 79.9. The Morgan fingerprint density at radius 2 is 1.87 bits per heavy atom. The smallest absolute Gasteiger partial charge is 0.261 e. The van der Waals surface area contributed by atoms with Gasteiger partial charge in [-0.3, -0.25) is 9.59 Å². The number of carbonyl (C=O) groups is 2. The number of nitrogens with zero attached hydrogens (tertiary/aromatic N) is 1. The first-order valence-electron chi connectivity index (χ1n) is 10.5. The molecule has 0 saturated heterocycles. The SMILES string of the molecule is Cc1ccc(OCC(=O)N(Cc2cccc(Br)c2)[C@H](C)C(=O)NC2CCCC2)cc1. The van der Waals surface area contributed by atoms with Crippen molar-refractivity contribution in [1.82, 2.24) is 10.2 Å². The number of amides is 2. The highest BCUT2D eigenvalue weighted by Crippen LogP contribution is 2.19. The van der Waals surface area contributed by atoms with Gasteiger partial charge in [0.2, 0.25) is 5.91 Å². The zero-order valence-corrected chi connectivity index (χ0v) is 19.2. The van der Waals surface area contributed by atoms with Crippen molar-refractivity contribution >= 4 is 27.7 Å². The van der Waals surface area contributed by atoms with Gasteiger partial charge in [-0.1, -0.05) is 58.6 Å². The third-order valence-electron chi connectivity index (χ3n) is 5.49. The van der Waals surface area contributed by atoms with Crippen LogP contribution in [-0.2, 0) is 16.1 Å². The summed E-state index contributed by atoms with van der Waals surface area (Å²) in [5.74, 6) is 0.310. The topological polar surface area (TPSA) is 58.6 Å². The molecule has 0 radical (unpaired) electrons. The van der Waals surface area contributed by atoms with Crippen molar-refractivity contribution in [3.63, 3.8) is 0 Å². The van der Waals surface area contributed by atoms with Crippen LogP contribution < -0.4 is 10.1 Å². The maximum Gasteiger partial charge on any atom is 0.261 e. The predicted octanol–water partition coefficient (Wildman–Crippen LogP) is 4.61. The van der Waals surface area contributed by atoms with E-state index < -0.39 is 6.04 Å². The minimum atomic E-state index is -0.585. The van der Waals surface area contributed by atoms with Crippen LogP contribution in [-0.4, -0.2) is 35.4 Å². The van der Waals surface area contributed by atoms with Gasteiger partial charge in [-0.2, -0.15) is 0 Å². The molecule has 0 unspecified atom stereocenters. The van der Waals surface area contributed by atoms with Crippen LogP contribution in [0.5, 0.6) is 5.75 Å². The van der Waals surface area contributed by atoms with Gasteiger partial charge in [0.25, 0.3) is 5.91 Å². The zero-order valence-electron chi connectivity index (χ0n) is 17.6. The van der Waals surface area contributed by atoms with E-state index in [4.69, 9.17) is 4.74 Å². The van der Waals surface area contributed by atoms with E-state index in [2.05, 4.69) is 21.2 Å². The normalized spacial score (nSPS) is 14.9. The van der Waals surface area contributed by atoms with Gasteiger partial charge in [-0.25, -0.2) is 0 Å². The molecule has 1 fully saturated rings. The van der Waals surface area contributed by atoms with Gasteiger partial charge in [0.15, 0.2) is 6.61 Å². The lowest BCUT2D eigenvalue weighted by atomic mass is 10.1. The Morgan fingerprint density at radius 3 is 2.53 bits per heavy atom. The zero-order chi connectivity index (χ0) is 21.5. The number of hydrogen-bond acceptors (Lipinski definition) is 3. The Kier molecular flexibility index (Phi) is 7.91. The lowest BCUT2D eigenvalue weighted by Crippen LogP contribution is -2.50. The van der Waals surface area contributed by atoms with Crippen LogP contribution >= 0.6 is 15.9 Å².